The van der Waals surface area contributed by atoms with Gasteiger partial charge in [0.2, 0.25) is 0 Å². The van der Waals surface area contributed by atoms with Crippen molar-refractivity contribution in [1.82, 2.24) is 10.3 Å². The zero-order valence-electron chi connectivity index (χ0n) is 12.8. The fraction of sp³-hybridized carbons (Fsp3) is 0.812. The van der Waals surface area contributed by atoms with Gasteiger partial charge in [-0.2, -0.15) is 0 Å². The lowest BCUT2D eigenvalue weighted by Crippen LogP contribution is -2.32. The van der Waals surface area contributed by atoms with E-state index in [9.17, 15) is 0 Å². The molecule has 0 aromatic carbocycles. The van der Waals surface area contributed by atoms with Gasteiger partial charge < -0.3 is 5.32 Å². The van der Waals surface area contributed by atoms with Crippen molar-refractivity contribution in [2.75, 3.05) is 6.54 Å². The van der Waals surface area contributed by atoms with Crippen LogP contribution in [0.2, 0.25) is 0 Å². The van der Waals surface area contributed by atoms with Gasteiger partial charge in [0.15, 0.2) is 0 Å². The molecule has 0 bridgehead atoms. The second-order valence-electron chi connectivity index (χ2n) is 6.91. The number of thiazole rings is 1. The van der Waals surface area contributed by atoms with Crippen LogP contribution in [0.4, 0.5) is 0 Å². The second kappa shape index (κ2) is 6.36. The van der Waals surface area contributed by atoms with E-state index in [2.05, 4.69) is 38.4 Å². The first-order chi connectivity index (χ1) is 8.99. The van der Waals surface area contributed by atoms with Gasteiger partial charge >= 0.3 is 0 Å². The molecule has 0 amide bonds. The average Bonchev–Trinajstić information content (AvgIpc) is 3.00. The lowest BCUT2D eigenvalue weighted by molar-refractivity contribution is 0.453. The molecule has 0 spiro atoms. The summed E-state index contributed by atoms with van der Waals surface area (Å²) in [5.41, 5.74) is 1.42. The molecular formula is C16H28N2S. The van der Waals surface area contributed by atoms with Crippen LogP contribution < -0.4 is 5.32 Å². The van der Waals surface area contributed by atoms with Crippen LogP contribution in [0.25, 0.3) is 0 Å². The Kier molecular flexibility index (Phi) is 5.02. The van der Waals surface area contributed by atoms with Crippen LogP contribution in [-0.4, -0.2) is 17.6 Å². The standard InChI is InChI=1S/C16H28N2S/c1-5-8-17-13(9-12-6-7-12)10-15-18-14(11-19-15)16(2,3)4/h11-13,17H,5-10H2,1-4H3. The van der Waals surface area contributed by atoms with Gasteiger partial charge in [-0.1, -0.05) is 40.5 Å². The molecule has 1 heterocycles. The maximum Gasteiger partial charge on any atom is 0.0944 e. The molecule has 3 heteroatoms. The van der Waals surface area contributed by atoms with Crippen molar-refractivity contribution in [3.8, 4) is 0 Å². The fourth-order valence-electron chi connectivity index (χ4n) is 2.30. The molecular weight excluding hydrogens is 252 g/mol. The lowest BCUT2D eigenvalue weighted by Gasteiger charge is -2.17. The Hall–Kier alpha value is -0.410. The number of rotatable bonds is 7. The van der Waals surface area contributed by atoms with Gasteiger partial charge in [-0.05, 0) is 25.3 Å². The zero-order valence-corrected chi connectivity index (χ0v) is 13.6. The van der Waals surface area contributed by atoms with E-state index in [-0.39, 0.29) is 5.41 Å². The van der Waals surface area contributed by atoms with Crippen molar-refractivity contribution in [3.63, 3.8) is 0 Å². The van der Waals surface area contributed by atoms with E-state index in [4.69, 9.17) is 4.98 Å². The number of nitrogens with zero attached hydrogens (tertiary/aromatic N) is 1. The number of hydrogen-bond acceptors (Lipinski definition) is 3. The predicted molar refractivity (Wildman–Crippen MR) is 83.9 cm³/mol. The highest BCUT2D eigenvalue weighted by molar-refractivity contribution is 7.09. The molecule has 1 N–H and O–H groups in total. The molecule has 2 rings (SSSR count). The minimum absolute atomic E-state index is 0.178. The summed E-state index contributed by atoms with van der Waals surface area (Å²) in [5, 5.41) is 7.25. The van der Waals surface area contributed by atoms with Crippen molar-refractivity contribution in [1.29, 1.82) is 0 Å². The number of hydrogen-bond donors (Lipinski definition) is 1. The van der Waals surface area contributed by atoms with E-state index in [1.165, 1.54) is 36.4 Å². The van der Waals surface area contributed by atoms with Crippen molar-refractivity contribution in [2.45, 2.75) is 71.3 Å². The molecule has 1 aliphatic rings. The first-order valence-corrected chi connectivity index (χ1v) is 8.55. The Labute approximate surface area is 122 Å². The van der Waals surface area contributed by atoms with Gasteiger partial charge in [0, 0.05) is 23.3 Å². The predicted octanol–water partition coefficient (Wildman–Crippen LogP) is 4.15. The van der Waals surface area contributed by atoms with Gasteiger partial charge in [0.05, 0.1) is 10.7 Å². The van der Waals surface area contributed by atoms with Crippen molar-refractivity contribution >= 4 is 11.3 Å². The third kappa shape index (κ3) is 4.88. The maximum absolute atomic E-state index is 4.84. The zero-order chi connectivity index (χ0) is 13.9. The van der Waals surface area contributed by atoms with E-state index in [1.54, 1.807) is 0 Å². The highest BCUT2D eigenvalue weighted by Crippen LogP contribution is 2.34. The Bertz CT molecular complexity index is 388. The third-order valence-corrected chi connectivity index (χ3v) is 4.61. The molecule has 0 saturated heterocycles. The minimum atomic E-state index is 0.178. The molecule has 0 radical (unpaired) electrons. The van der Waals surface area contributed by atoms with E-state index in [0.29, 0.717) is 6.04 Å². The van der Waals surface area contributed by atoms with Crippen LogP contribution in [0, 0.1) is 5.92 Å². The molecule has 108 valence electrons. The summed E-state index contributed by atoms with van der Waals surface area (Å²) >= 11 is 1.83. The van der Waals surface area contributed by atoms with Crippen LogP contribution >= 0.6 is 11.3 Å². The topological polar surface area (TPSA) is 24.9 Å². The Morgan fingerprint density at radius 1 is 1.42 bits per heavy atom. The molecule has 1 aromatic rings. The fourth-order valence-corrected chi connectivity index (χ4v) is 3.41. The van der Waals surface area contributed by atoms with Crippen molar-refractivity contribution < 1.29 is 0 Å². The summed E-state index contributed by atoms with van der Waals surface area (Å²) in [7, 11) is 0. The molecule has 0 aliphatic heterocycles. The summed E-state index contributed by atoms with van der Waals surface area (Å²) < 4.78 is 0. The first-order valence-electron chi connectivity index (χ1n) is 7.67. The van der Waals surface area contributed by atoms with Crippen LogP contribution in [0.3, 0.4) is 0 Å². The van der Waals surface area contributed by atoms with Crippen molar-refractivity contribution in [2.24, 2.45) is 5.92 Å². The number of aromatic nitrogens is 1. The van der Waals surface area contributed by atoms with Crippen LogP contribution in [0.15, 0.2) is 5.38 Å². The normalized spacial score (nSPS) is 17.7. The van der Waals surface area contributed by atoms with Gasteiger partial charge in [0.1, 0.15) is 0 Å². The summed E-state index contributed by atoms with van der Waals surface area (Å²) in [4.78, 5) is 4.84. The summed E-state index contributed by atoms with van der Waals surface area (Å²) in [6, 6.07) is 0.631. The van der Waals surface area contributed by atoms with Gasteiger partial charge in [0.25, 0.3) is 0 Å². The molecule has 1 aromatic heterocycles. The summed E-state index contributed by atoms with van der Waals surface area (Å²) in [6.07, 6.45) is 6.54. The average molecular weight is 280 g/mol. The Morgan fingerprint density at radius 2 is 2.16 bits per heavy atom. The van der Waals surface area contributed by atoms with E-state index < -0.39 is 0 Å². The maximum atomic E-state index is 4.84. The molecule has 2 nitrogen and oxygen atoms in total. The monoisotopic (exact) mass is 280 g/mol. The second-order valence-corrected chi connectivity index (χ2v) is 7.85. The first kappa shape index (κ1) is 15.0. The molecule has 1 saturated carbocycles. The summed E-state index contributed by atoms with van der Waals surface area (Å²) in [5.74, 6) is 0.983. The molecule has 1 atom stereocenters. The van der Waals surface area contributed by atoms with E-state index in [1.807, 2.05) is 11.3 Å². The molecule has 1 fully saturated rings. The van der Waals surface area contributed by atoms with Crippen LogP contribution in [0.5, 0.6) is 0 Å². The quantitative estimate of drug-likeness (QED) is 0.811. The van der Waals surface area contributed by atoms with Crippen molar-refractivity contribution in [3.05, 3.63) is 16.1 Å². The van der Waals surface area contributed by atoms with Gasteiger partial charge in [-0.25, -0.2) is 4.98 Å². The van der Waals surface area contributed by atoms with E-state index >= 15 is 0 Å². The van der Waals surface area contributed by atoms with Gasteiger partial charge in [-0.3, -0.25) is 0 Å². The molecule has 1 aliphatic carbocycles. The minimum Gasteiger partial charge on any atom is -0.314 e. The van der Waals surface area contributed by atoms with Gasteiger partial charge in [-0.15, -0.1) is 11.3 Å². The largest absolute Gasteiger partial charge is 0.314 e. The molecule has 19 heavy (non-hydrogen) atoms. The summed E-state index contributed by atoms with van der Waals surface area (Å²) in [6.45, 7) is 10.1. The highest BCUT2D eigenvalue weighted by atomic mass is 32.1. The smallest absolute Gasteiger partial charge is 0.0944 e. The van der Waals surface area contributed by atoms with Crippen LogP contribution in [-0.2, 0) is 11.8 Å². The molecule has 1 unspecified atom stereocenters. The Morgan fingerprint density at radius 3 is 2.68 bits per heavy atom. The lowest BCUT2D eigenvalue weighted by atomic mass is 9.93. The highest BCUT2D eigenvalue weighted by Gasteiger charge is 2.26. The Balaban J connectivity index is 1.93. The third-order valence-electron chi connectivity index (χ3n) is 3.74. The van der Waals surface area contributed by atoms with E-state index in [0.717, 1.165) is 18.9 Å². The number of nitrogens with one attached hydrogen (secondary N) is 1. The SMILES string of the molecule is CCCNC(Cc1nc(C(C)(C)C)cs1)CC1CC1. The van der Waals surface area contributed by atoms with Crippen LogP contribution in [0.1, 0.15) is 64.1 Å².